The van der Waals surface area contributed by atoms with Gasteiger partial charge >= 0.3 is 0 Å². The summed E-state index contributed by atoms with van der Waals surface area (Å²) in [6, 6.07) is -0.0525. The van der Waals surface area contributed by atoms with Gasteiger partial charge in [0.25, 0.3) is 10.2 Å². The van der Waals surface area contributed by atoms with Gasteiger partial charge in [0.1, 0.15) is 0 Å². The van der Waals surface area contributed by atoms with Crippen molar-refractivity contribution in [2.45, 2.75) is 58.0 Å². The second-order valence-electron chi connectivity index (χ2n) is 6.22. The maximum atomic E-state index is 12.6. The normalized spacial score (nSPS) is 29.4. The van der Waals surface area contributed by atoms with Gasteiger partial charge in [0.15, 0.2) is 0 Å². The van der Waals surface area contributed by atoms with E-state index in [2.05, 4.69) is 6.92 Å². The van der Waals surface area contributed by atoms with Gasteiger partial charge in [-0.05, 0) is 32.6 Å². The van der Waals surface area contributed by atoms with E-state index in [1.807, 2.05) is 13.8 Å². The Morgan fingerprint density at radius 3 is 2.37 bits per heavy atom. The highest BCUT2D eigenvalue weighted by Gasteiger charge is 2.44. The summed E-state index contributed by atoms with van der Waals surface area (Å²) in [5.74, 6) is 0.527. The quantitative estimate of drug-likeness (QED) is 0.833. The predicted molar refractivity (Wildman–Crippen MR) is 79.0 cm³/mol. The molecule has 1 aliphatic carbocycles. The molecule has 2 atom stereocenters. The highest BCUT2D eigenvalue weighted by atomic mass is 32.2. The molecule has 0 bridgehead atoms. The third kappa shape index (κ3) is 3.29. The fourth-order valence-corrected chi connectivity index (χ4v) is 4.59. The smallest absolute Gasteiger partial charge is 0.282 e. The Morgan fingerprint density at radius 2 is 1.95 bits per heavy atom. The Bertz CT molecular complexity index is 397. The van der Waals surface area contributed by atoms with Crippen LogP contribution in [0.25, 0.3) is 0 Å². The summed E-state index contributed by atoms with van der Waals surface area (Å²) >= 11 is 0. The van der Waals surface area contributed by atoms with Crippen molar-refractivity contribution < 1.29 is 8.42 Å². The molecule has 114 valence electrons. The Hall–Kier alpha value is -0.170. The van der Waals surface area contributed by atoms with Crippen molar-refractivity contribution in [1.82, 2.24) is 8.61 Å². The summed E-state index contributed by atoms with van der Waals surface area (Å²) in [6.45, 7) is 6.32. The molecular weight excluding hydrogens is 262 g/mol. The fraction of sp³-hybridized carbons (Fsp3) is 1.00. The van der Waals surface area contributed by atoms with Crippen LogP contribution in [-0.2, 0) is 10.2 Å². The predicted octanol–water partition coefficient (Wildman–Crippen LogP) is 1.41. The van der Waals surface area contributed by atoms with E-state index in [0.29, 0.717) is 12.5 Å². The van der Waals surface area contributed by atoms with Crippen LogP contribution in [0.3, 0.4) is 0 Å². The number of rotatable bonds is 5. The molecule has 0 amide bonds. The van der Waals surface area contributed by atoms with E-state index in [-0.39, 0.29) is 6.04 Å². The molecule has 5 nitrogen and oxygen atoms in total. The summed E-state index contributed by atoms with van der Waals surface area (Å²) in [6.07, 6.45) is 3.92. The van der Waals surface area contributed by atoms with E-state index in [4.69, 9.17) is 5.73 Å². The maximum absolute atomic E-state index is 12.6. The standard InChI is InChI=1S/C13H29N3O2S/c1-11(2)15(4)19(17,18)16(5)13(10-14)8-6-7-12(3)9-13/h11-12H,6-10,14H2,1-5H3. The Kier molecular flexibility index (Phi) is 5.40. The van der Waals surface area contributed by atoms with Crippen molar-refractivity contribution in [2.75, 3.05) is 20.6 Å². The zero-order valence-corrected chi connectivity index (χ0v) is 13.7. The van der Waals surface area contributed by atoms with E-state index in [0.717, 1.165) is 25.7 Å². The van der Waals surface area contributed by atoms with E-state index in [1.165, 1.54) is 8.61 Å². The summed E-state index contributed by atoms with van der Waals surface area (Å²) in [5, 5.41) is 0. The second-order valence-corrected chi connectivity index (χ2v) is 8.23. The average Bonchev–Trinajstić information content (AvgIpc) is 2.36. The Labute approximate surface area is 118 Å². The molecule has 1 fully saturated rings. The number of likely N-dealkylation sites (N-methyl/N-ethyl adjacent to an activating group) is 1. The van der Waals surface area contributed by atoms with Gasteiger partial charge in [-0.3, -0.25) is 0 Å². The monoisotopic (exact) mass is 291 g/mol. The van der Waals surface area contributed by atoms with Gasteiger partial charge in [0.05, 0.1) is 0 Å². The van der Waals surface area contributed by atoms with E-state index >= 15 is 0 Å². The molecule has 0 aromatic rings. The lowest BCUT2D eigenvalue weighted by Crippen LogP contribution is -2.59. The van der Waals surface area contributed by atoms with Crippen molar-refractivity contribution in [3.63, 3.8) is 0 Å². The third-order valence-corrected chi connectivity index (χ3v) is 6.78. The van der Waals surface area contributed by atoms with Gasteiger partial charge in [-0.25, -0.2) is 0 Å². The van der Waals surface area contributed by atoms with Gasteiger partial charge in [-0.15, -0.1) is 0 Å². The molecule has 0 heterocycles. The molecular formula is C13H29N3O2S. The Morgan fingerprint density at radius 1 is 1.37 bits per heavy atom. The first kappa shape index (κ1) is 16.9. The third-order valence-electron chi connectivity index (χ3n) is 4.55. The molecule has 1 rings (SSSR count). The molecule has 0 saturated heterocycles. The average molecular weight is 291 g/mol. The van der Waals surface area contributed by atoms with Crippen molar-refractivity contribution >= 4 is 10.2 Å². The van der Waals surface area contributed by atoms with Crippen LogP contribution in [-0.4, -0.2) is 49.2 Å². The summed E-state index contributed by atoms with van der Waals surface area (Å²) in [4.78, 5) is 0. The topological polar surface area (TPSA) is 66.6 Å². The van der Waals surface area contributed by atoms with Gasteiger partial charge in [0, 0.05) is 32.2 Å². The van der Waals surface area contributed by atoms with Crippen LogP contribution in [0, 0.1) is 5.92 Å². The fourth-order valence-electron chi connectivity index (χ4n) is 2.94. The van der Waals surface area contributed by atoms with Crippen molar-refractivity contribution in [3.8, 4) is 0 Å². The summed E-state index contributed by atoms with van der Waals surface area (Å²) < 4.78 is 28.2. The molecule has 0 aromatic heterocycles. The minimum atomic E-state index is -3.45. The number of nitrogens with two attached hydrogens (primary N) is 1. The minimum Gasteiger partial charge on any atom is -0.329 e. The van der Waals surface area contributed by atoms with Gasteiger partial charge in [0.2, 0.25) is 0 Å². The first-order valence-electron chi connectivity index (χ1n) is 7.09. The van der Waals surface area contributed by atoms with Crippen molar-refractivity contribution in [3.05, 3.63) is 0 Å². The lowest BCUT2D eigenvalue weighted by molar-refractivity contribution is 0.120. The van der Waals surface area contributed by atoms with Crippen molar-refractivity contribution in [1.29, 1.82) is 0 Å². The lowest BCUT2D eigenvalue weighted by Gasteiger charge is -2.46. The highest BCUT2D eigenvalue weighted by molar-refractivity contribution is 7.86. The zero-order chi connectivity index (χ0) is 14.8. The van der Waals surface area contributed by atoms with Gasteiger partial charge in [-0.2, -0.15) is 17.0 Å². The molecule has 0 aliphatic heterocycles. The van der Waals surface area contributed by atoms with Crippen LogP contribution in [0.4, 0.5) is 0 Å². The second kappa shape index (κ2) is 6.08. The molecule has 0 spiro atoms. The van der Waals surface area contributed by atoms with Crippen LogP contribution >= 0.6 is 0 Å². The first-order chi connectivity index (χ1) is 8.67. The highest BCUT2D eigenvalue weighted by Crippen LogP contribution is 2.37. The SMILES string of the molecule is CC1CCCC(CN)(N(C)S(=O)(=O)N(C)C(C)C)C1. The molecule has 1 aliphatic rings. The molecule has 2 unspecified atom stereocenters. The molecule has 6 heteroatoms. The molecule has 0 aromatic carbocycles. The van der Waals surface area contributed by atoms with Crippen LogP contribution in [0.2, 0.25) is 0 Å². The van der Waals surface area contributed by atoms with E-state index in [1.54, 1.807) is 14.1 Å². The van der Waals surface area contributed by atoms with Crippen LogP contribution in [0.5, 0.6) is 0 Å². The molecule has 19 heavy (non-hydrogen) atoms. The summed E-state index contributed by atoms with van der Waals surface area (Å²) in [7, 11) is -0.134. The molecule has 2 N–H and O–H groups in total. The van der Waals surface area contributed by atoms with Crippen LogP contribution < -0.4 is 5.73 Å². The summed E-state index contributed by atoms with van der Waals surface area (Å²) in [5.41, 5.74) is 5.53. The van der Waals surface area contributed by atoms with E-state index < -0.39 is 15.7 Å². The largest absolute Gasteiger partial charge is 0.329 e. The number of hydrogen-bond acceptors (Lipinski definition) is 3. The van der Waals surface area contributed by atoms with Crippen LogP contribution in [0.1, 0.15) is 46.5 Å². The number of nitrogens with zero attached hydrogens (tertiary/aromatic N) is 2. The Balaban J connectivity index is 3.04. The molecule has 1 saturated carbocycles. The van der Waals surface area contributed by atoms with E-state index in [9.17, 15) is 8.42 Å². The van der Waals surface area contributed by atoms with Gasteiger partial charge in [-0.1, -0.05) is 19.8 Å². The molecule has 0 radical (unpaired) electrons. The number of hydrogen-bond donors (Lipinski definition) is 1. The lowest BCUT2D eigenvalue weighted by atomic mass is 9.76. The maximum Gasteiger partial charge on any atom is 0.282 e. The first-order valence-corrected chi connectivity index (χ1v) is 8.49. The van der Waals surface area contributed by atoms with Crippen LogP contribution in [0.15, 0.2) is 0 Å². The van der Waals surface area contributed by atoms with Crippen molar-refractivity contribution in [2.24, 2.45) is 11.7 Å². The minimum absolute atomic E-state index is 0.0525. The van der Waals surface area contributed by atoms with Gasteiger partial charge < -0.3 is 5.73 Å². The zero-order valence-electron chi connectivity index (χ0n) is 12.9.